The molecule has 0 aromatic heterocycles. The van der Waals surface area contributed by atoms with Crippen LogP contribution in [0.4, 0.5) is 0 Å². The first-order valence-electron chi connectivity index (χ1n) is 4.76. The molecule has 0 aromatic carbocycles. The number of likely N-dealkylation sites (N-methyl/N-ethyl adjacent to an activating group) is 1. The van der Waals surface area contributed by atoms with Gasteiger partial charge in [0.25, 0.3) is 5.71 Å². The predicted molar refractivity (Wildman–Crippen MR) is 54.8 cm³/mol. The van der Waals surface area contributed by atoms with Crippen LogP contribution in [0.5, 0.6) is 0 Å². The third-order valence-corrected chi connectivity index (χ3v) is 2.21. The summed E-state index contributed by atoms with van der Waals surface area (Å²) in [6.45, 7) is 3.70. The Bertz CT molecular complexity index is 315. The number of aliphatic hydroxyl groups is 1. The van der Waals surface area contributed by atoms with Crippen molar-refractivity contribution in [1.29, 1.82) is 0 Å². The van der Waals surface area contributed by atoms with Gasteiger partial charge >= 0.3 is 19.5 Å². The van der Waals surface area contributed by atoms with Gasteiger partial charge in [-0.25, -0.2) is 0 Å². The van der Waals surface area contributed by atoms with E-state index >= 15 is 0 Å². The molecular formula is C10H15Cl2N3OZn. The topological polar surface area (TPSA) is 59.9 Å². The second kappa shape index (κ2) is 12.3. The molecule has 0 aliphatic heterocycles. The zero-order valence-corrected chi connectivity index (χ0v) is 14.3. The summed E-state index contributed by atoms with van der Waals surface area (Å²) >= 11 is 0. The third-order valence-electron chi connectivity index (χ3n) is 2.21. The molecule has 0 amide bonds. The second-order valence-electron chi connectivity index (χ2n) is 3.06. The predicted octanol–water partition coefficient (Wildman–Crippen LogP) is -5.18. The minimum Gasteiger partial charge on any atom is -1.00 e. The minimum absolute atomic E-state index is 0. The summed E-state index contributed by atoms with van der Waals surface area (Å²) in [5.41, 5.74) is 10.3. The molecule has 0 radical (unpaired) electrons. The van der Waals surface area contributed by atoms with Crippen LogP contribution in [0.3, 0.4) is 0 Å². The zero-order chi connectivity index (χ0) is 10.4. The Morgan fingerprint density at radius 2 is 2.06 bits per heavy atom. The zero-order valence-electron chi connectivity index (χ0n) is 9.81. The van der Waals surface area contributed by atoms with Crippen LogP contribution in [-0.4, -0.2) is 40.2 Å². The van der Waals surface area contributed by atoms with Crippen LogP contribution in [0, 0.1) is 0 Å². The van der Waals surface area contributed by atoms with E-state index in [0.29, 0.717) is 18.7 Å². The summed E-state index contributed by atoms with van der Waals surface area (Å²) in [5.74, 6) is 0. The van der Waals surface area contributed by atoms with Crippen molar-refractivity contribution >= 4 is 5.71 Å². The molecule has 0 spiro atoms. The Labute approximate surface area is 127 Å². The minimum atomic E-state index is 0. The van der Waals surface area contributed by atoms with Gasteiger partial charge in [-0.3, -0.25) is 0 Å². The maximum absolute atomic E-state index is 8.84. The quantitative estimate of drug-likeness (QED) is 0.318. The second-order valence-corrected chi connectivity index (χ2v) is 3.06. The van der Waals surface area contributed by atoms with E-state index in [0.717, 1.165) is 12.2 Å². The van der Waals surface area contributed by atoms with Crippen molar-refractivity contribution in [2.24, 2.45) is 0 Å². The average molecular weight is 330 g/mol. The molecular weight excluding hydrogens is 314 g/mol. The van der Waals surface area contributed by atoms with E-state index in [4.69, 9.17) is 10.6 Å². The van der Waals surface area contributed by atoms with Crippen molar-refractivity contribution in [2.45, 2.75) is 13.3 Å². The molecule has 1 N–H and O–H groups in total. The van der Waals surface area contributed by atoms with Gasteiger partial charge in [0.2, 0.25) is 0 Å². The number of halogens is 2. The van der Waals surface area contributed by atoms with Crippen LogP contribution in [0.25, 0.3) is 5.53 Å². The fourth-order valence-electron chi connectivity index (χ4n) is 1.43. The summed E-state index contributed by atoms with van der Waals surface area (Å²) in [6.07, 6.45) is 6.32. The molecule has 1 rings (SSSR count). The van der Waals surface area contributed by atoms with E-state index in [9.17, 15) is 0 Å². The normalized spacial score (nSPS) is 12.4. The summed E-state index contributed by atoms with van der Waals surface area (Å²) in [6, 6.07) is 0. The van der Waals surface area contributed by atoms with Crippen LogP contribution >= 0.6 is 0 Å². The molecule has 92 valence electrons. The monoisotopic (exact) mass is 327 g/mol. The fraction of sp³-hybridized carbons (Fsp3) is 0.500. The molecule has 0 heterocycles. The maximum atomic E-state index is 8.84. The van der Waals surface area contributed by atoms with Crippen molar-refractivity contribution in [3.63, 3.8) is 0 Å². The van der Waals surface area contributed by atoms with Crippen LogP contribution in [0.2, 0.25) is 0 Å². The number of rotatable bonds is 4. The van der Waals surface area contributed by atoms with E-state index < -0.39 is 0 Å². The molecule has 0 saturated heterocycles. The molecule has 1 aliphatic carbocycles. The van der Waals surface area contributed by atoms with Crippen molar-refractivity contribution < 1.29 is 54.2 Å². The van der Waals surface area contributed by atoms with Gasteiger partial charge in [-0.2, -0.15) is 4.79 Å². The van der Waals surface area contributed by atoms with Gasteiger partial charge in [0.1, 0.15) is 0 Å². The Morgan fingerprint density at radius 1 is 1.41 bits per heavy atom. The molecule has 0 bridgehead atoms. The Hall–Kier alpha value is -0.177. The first kappa shape index (κ1) is 22.0. The van der Waals surface area contributed by atoms with E-state index in [1.54, 1.807) is 6.08 Å². The molecule has 0 atom stereocenters. The molecule has 0 fully saturated rings. The van der Waals surface area contributed by atoms with Gasteiger partial charge in [-0.05, 0) is 19.1 Å². The van der Waals surface area contributed by atoms with Crippen molar-refractivity contribution in [3.8, 4) is 0 Å². The summed E-state index contributed by atoms with van der Waals surface area (Å²) in [4.78, 5) is 5.20. The number of nitrogens with zero attached hydrogens (tertiary/aromatic N) is 3. The van der Waals surface area contributed by atoms with Crippen LogP contribution in [0.15, 0.2) is 23.9 Å². The third kappa shape index (κ3) is 6.97. The van der Waals surface area contributed by atoms with Crippen molar-refractivity contribution in [1.82, 2.24) is 4.90 Å². The van der Waals surface area contributed by atoms with Gasteiger partial charge in [-0.1, -0.05) is 0 Å². The first-order valence-corrected chi connectivity index (χ1v) is 4.76. The van der Waals surface area contributed by atoms with E-state index in [-0.39, 0.29) is 50.9 Å². The number of allylic oxidation sites excluding steroid dienone is 3. The molecule has 0 aromatic rings. The molecule has 1 aliphatic rings. The van der Waals surface area contributed by atoms with Gasteiger partial charge < -0.3 is 40.4 Å². The van der Waals surface area contributed by atoms with E-state index in [2.05, 4.69) is 9.69 Å². The summed E-state index contributed by atoms with van der Waals surface area (Å²) < 4.78 is 0. The maximum Gasteiger partial charge on any atom is 2.00 e. The summed E-state index contributed by atoms with van der Waals surface area (Å²) in [5, 5.41) is 8.84. The van der Waals surface area contributed by atoms with Gasteiger partial charge in [0.15, 0.2) is 0 Å². The van der Waals surface area contributed by atoms with E-state index in [1.807, 2.05) is 19.1 Å². The first-order chi connectivity index (χ1) is 6.81. The number of hydrogen-bond acceptors (Lipinski definition) is 2. The standard InChI is InChI=1S/C10H15N3O.2ClH.Zn/c1-2-13(7-8-14)10-5-3-9(12-11)4-6-10;;;/h3,5-6,14H,2,4,7-8H2,1H3;2*1H;/q;;;+2/p-2. The van der Waals surface area contributed by atoms with Gasteiger partial charge in [0, 0.05) is 24.9 Å². The molecule has 4 nitrogen and oxygen atoms in total. The smallest absolute Gasteiger partial charge is 1.00 e. The van der Waals surface area contributed by atoms with Crippen LogP contribution in [0.1, 0.15) is 13.3 Å². The number of aliphatic hydroxyl groups excluding tert-OH is 1. The van der Waals surface area contributed by atoms with Crippen LogP contribution in [-0.2, 0) is 19.5 Å². The van der Waals surface area contributed by atoms with Crippen molar-refractivity contribution in [3.05, 3.63) is 29.5 Å². The average Bonchev–Trinajstić information content (AvgIpc) is 2.26. The summed E-state index contributed by atoms with van der Waals surface area (Å²) in [7, 11) is 0. The molecule has 17 heavy (non-hydrogen) atoms. The Balaban J connectivity index is -0.000000653. The van der Waals surface area contributed by atoms with Crippen molar-refractivity contribution in [2.75, 3.05) is 19.7 Å². The largest absolute Gasteiger partial charge is 2.00 e. The number of hydrogen-bond donors (Lipinski definition) is 1. The molecule has 0 saturated carbocycles. The van der Waals surface area contributed by atoms with Gasteiger partial charge in [0.05, 0.1) is 13.0 Å². The van der Waals surface area contributed by atoms with Gasteiger partial charge in [-0.15, -0.1) is 0 Å². The molecule has 7 heteroatoms. The fourth-order valence-corrected chi connectivity index (χ4v) is 1.43. The Kier molecular flexibility index (Phi) is 15.9. The molecule has 0 unspecified atom stereocenters. The SMILES string of the molecule is CCN(CCO)C1=CCC(=[N+]=[N-])C=C1.[Cl-].[Cl-].[Zn+2]. The van der Waals surface area contributed by atoms with Crippen LogP contribution < -0.4 is 24.8 Å². The Morgan fingerprint density at radius 3 is 2.41 bits per heavy atom. The van der Waals surface area contributed by atoms with E-state index in [1.165, 1.54) is 0 Å².